The van der Waals surface area contributed by atoms with Gasteiger partial charge in [0.25, 0.3) is 0 Å². The lowest BCUT2D eigenvalue weighted by atomic mass is 10.1. The van der Waals surface area contributed by atoms with Crippen LogP contribution in [-0.4, -0.2) is 4.98 Å². The van der Waals surface area contributed by atoms with Crippen LogP contribution in [-0.2, 0) is 6.61 Å². The molecule has 0 saturated carbocycles. The molecule has 0 spiro atoms. The summed E-state index contributed by atoms with van der Waals surface area (Å²) in [6, 6.07) is 10.2. The van der Waals surface area contributed by atoms with Crippen molar-refractivity contribution in [1.82, 2.24) is 4.98 Å². The van der Waals surface area contributed by atoms with Gasteiger partial charge in [-0.15, -0.1) is 0 Å². The number of aromatic nitrogens is 1. The largest absolute Gasteiger partial charge is 0.487 e. The Labute approximate surface area is 102 Å². The zero-order valence-corrected chi connectivity index (χ0v) is 10.5. The molecule has 0 fully saturated rings. The van der Waals surface area contributed by atoms with Gasteiger partial charge in [0, 0.05) is 5.69 Å². The predicted octanol–water partition coefficient (Wildman–Crippen LogP) is 3.59. The first-order valence-corrected chi connectivity index (χ1v) is 5.78. The average molecular weight is 227 g/mol. The molecular formula is C15H17NO. The highest BCUT2D eigenvalue weighted by Crippen LogP contribution is 2.22. The Bertz CT molecular complexity index is 506. The first-order valence-electron chi connectivity index (χ1n) is 5.78. The molecule has 0 radical (unpaired) electrons. The van der Waals surface area contributed by atoms with E-state index in [1.165, 1.54) is 16.7 Å². The second kappa shape index (κ2) is 5.00. The van der Waals surface area contributed by atoms with Gasteiger partial charge < -0.3 is 4.74 Å². The van der Waals surface area contributed by atoms with Crippen molar-refractivity contribution in [3.8, 4) is 5.75 Å². The van der Waals surface area contributed by atoms with Crippen LogP contribution in [0, 0.1) is 20.8 Å². The van der Waals surface area contributed by atoms with E-state index in [-0.39, 0.29) is 0 Å². The number of nitrogens with zero attached hydrogens (tertiary/aromatic N) is 1. The number of ether oxygens (including phenoxy) is 1. The molecule has 0 bridgehead atoms. The smallest absolute Gasteiger partial charge is 0.141 e. The topological polar surface area (TPSA) is 22.1 Å². The Morgan fingerprint density at radius 3 is 2.41 bits per heavy atom. The molecule has 0 amide bonds. The third-order valence-corrected chi connectivity index (χ3v) is 3.09. The van der Waals surface area contributed by atoms with Crippen LogP contribution >= 0.6 is 0 Å². The number of hydrogen-bond acceptors (Lipinski definition) is 2. The van der Waals surface area contributed by atoms with E-state index in [9.17, 15) is 0 Å². The summed E-state index contributed by atoms with van der Waals surface area (Å²) in [7, 11) is 0. The van der Waals surface area contributed by atoms with Gasteiger partial charge in [0.15, 0.2) is 0 Å². The molecule has 1 aromatic carbocycles. The normalized spacial score (nSPS) is 10.3. The molecule has 0 atom stereocenters. The van der Waals surface area contributed by atoms with Crippen molar-refractivity contribution < 1.29 is 4.74 Å². The van der Waals surface area contributed by atoms with E-state index in [4.69, 9.17) is 4.74 Å². The van der Waals surface area contributed by atoms with Crippen LogP contribution in [0.4, 0.5) is 0 Å². The van der Waals surface area contributed by atoms with Crippen molar-refractivity contribution in [2.75, 3.05) is 0 Å². The monoisotopic (exact) mass is 227 g/mol. The van der Waals surface area contributed by atoms with Crippen LogP contribution in [0.25, 0.3) is 0 Å². The highest BCUT2D eigenvalue weighted by molar-refractivity contribution is 5.38. The molecule has 17 heavy (non-hydrogen) atoms. The van der Waals surface area contributed by atoms with E-state index in [1.807, 2.05) is 25.1 Å². The minimum Gasteiger partial charge on any atom is -0.487 e. The molecule has 2 nitrogen and oxygen atoms in total. The number of aryl methyl sites for hydroxylation is 1. The molecule has 0 aliphatic rings. The van der Waals surface area contributed by atoms with Crippen molar-refractivity contribution in [3.05, 3.63) is 58.9 Å². The SMILES string of the molecule is Cc1ncc(OCc2ccccc2)c(C)c1C. The zero-order chi connectivity index (χ0) is 12.3. The summed E-state index contributed by atoms with van der Waals surface area (Å²) in [5.41, 5.74) is 4.61. The van der Waals surface area contributed by atoms with Crippen molar-refractivity contribution >= 4 is 0 Å². The van der Waals surface area contributed by atoms with Crippen LogP contribution in [0.3, 0.4) is 0 Å². The van der Waals surface area contributed by atoms with Crippen molar-refractivity contribution in [1.29, 1.82) is 0 Å². The van der Waals surface area contributed by atoms with Gasteiger partial charge in [0.05, 0.1) is 6.20 Å². The Morgan fingerprint density at radius 1 is 1.00 bits per heavy atom. The van der Waals surface area contributed by atoms with Crippen LogP contribution in [0.1, 0.15) is 22.4 Å². The van der Waals surface area contributed by atoms with Crippen LogP contribution in [0.5, 0.6) is 5.75 Å². The fourth-order valence-electron chi connectivity index (χ4n) is 1.69. The quantitative estimate of drug-likeness (QED) is 0.799. The first kappa shape index (κ1) is 11.6. The molecule has 1 heterocycles. The Balaban J connectivity index is 2.13. The molecule has 1 aromatic heterocycles. The average Bonchev–Trinajstić information content (AvgIpc) is 2.36. The molecule has 2 aromatic rings. The first-order chi connectivity index (χ1) is 8.18. The third-order valence-electron chi connectivity index (χ3n) is 3.09. The molecule has 0 aliphatic carbocycles. The molecule has 0 aliphatic heterocycles. The highest BCUT2D eigenvalue weighted by atomic mass is 16.5. The molecule has 2 rings (SSSR count). The molecule has 0 unspecified atom stereocenters. The summed E-state index contributed by atoms with van der Waals surface area (Å²) in [5.74, 6) is 0.872. The van der Waals surface area contributed by atoms with Gasteiger partial charge >= 0.3 is 0 Å². The summed E-state index contributed by atoms with van der Waals surface area (Å²) in [4.78, 5) is 4.33. The van der Waals surface area contributed by atoms with Gasteiger partial charge in [-0.05, 0) is 37.5 Å². The van der Waals surface area contributed by atoms with Gasteiger partial charge in [-0.25, -0.2) is 0 Å². The van der Waals surface area contributed by atoms with Gasteiger partial charge in [-0.3, -0.25) is 4.98 Å². The van der Waals surface area contributed by atoms with E-state index in [0.29, 0.717) is 6.61 Å². The number of pyridine rings is 1. The van der Waals surface area contributed by atoms with Gasteiger partial charge in [0.2, 0.25) is 0 Å². The van der Waals surface area contributed by atoms with E-state index in [1.54, 1.807) is 6.20 Å². The van der Waals surface area contributed by atoms with Crippen LogP contribution in [0.2, 0.25) is 0 Å². The van der Waals surface area contributed by atoms with Crippen LogP contribution < -0.4 is 4.74 Å². The van der Waals surface area contributed by atoms with E-state index in [0.717, 1.165) is 11.4 Å². The number of benzene rings is 1. The Kier molecular flexibility index (Phi) is 3.43. The lowest BCUT2D eigenvalue weighted by Crippen LogP contribution is -2.00. The van der Waals surface area contributed by atoms with E-state index < -0.39 is 0 Å². The molecule has 0 N–H and O–H groups in total. The van der Waals surface area contributed by atoms with Crippen LogP contribution in [0.15, 0.2) is 36.5 Å². The fourth-order valence-corrected chi connectivity index (χ4v) is 1.69. The van der Waals surface area contributed by atoms with Crippen molar-refractivity contribution in [2.24, 2.45) is 0 Å². The van der Waals surface area contributed by atoms with Gasteiger partial charge in [-0.1, -0.05) is 30.3 Å². The molecule has 2 heteroatoms. The van der Waals surface area contributed by atoms with Gasteiger partial charge in [0.1, 0.15) is 12.4 Å². The summed E-state index contributed by atoms with van der Waals surface area (Å²) in [5, 5.41) is 0. The van der Waals surface area contributed by atoms with E-state index in [2.05, 4.69) is 31.0 Å². The third kappa shape index (κ3) is 2.64. The zero-order valence-electron chi connectivity index (χ0n) is 10.5. The van der Waals surface area contributed by atoms with Crippen molar-refractivity contribution in [2.45, 2.75) is 27.4 Å². The number of hydrogen-bond donors (Lipinski definition) is 0. The maximum Gasteiger partial charge on any atom is 0.141 e. The second-order valence-corrected chi connectivity index (χ2v) is 4.23. The Morgan fingerprint density at radius 2 is 1.71 bits per heavy atom. The summed E-state index contributed by atoms with van der Waals surface area (Å²) in [6.07, 6.45) is 1.81. The van der Waals surface area contributed by atoms with Gasteiger partial charge in [-0.2, -0.15) is 0 Å². The van der Waals surface area contributed by atoms with E-state index >= 15 is 0 Å². The predicted molar refractivity (Wildman–Crippen MR) is 69.2 cm³/mol. The second-order valence-electron chi connectivity index (χ2n) is 4.23. The Hall–Kier alpha value is -1.83. The maximum atomic E-state index is 5.80. The fraction of sp³-hybridized carbons (Fsp3) is 0.267. The summed E-state index contributed by atoms with van der Waals surface area (Å²) in [6.45, 7) is 6.76. The lowest BCUT2D eigenvalue weighted by molar-refractivity contribution is 0.302. The molecule has 88 valence electrons. The standard InChI is InChI=1S/C15H17NO/c1-11-12(2)15(9-16-13(11)3)17-10-14-7-5-4-6-8-14/h4-9H,10H2,1-3H3. The van der Waals surface area contributed by atoms with Crippen molar-refractivity contribution in [3.63, 3.8) is 0 Å². The summed E-state index contributed by atoms with van der Waals surface area (Å²) < 4.78 is 5.80. The molecular weight excluding hydrogens is 210 g/mol. The minimum absolute atomic E-state index is 0.589. The molecule has 0 saturated heterocycles. The minimum atomic E-state index is 0.589. The summed E-state index contributed by atoms with van der Waals surface area (Å²) >= 11 is 0. The number of rotatable bonds is 3. The maximum absolute atomic E-state index is 5.80. The lowest BCUT2D eigenvalue weighted by Gasteiger charge is -2.11. The highest BCUT2D eigenvalue weighted by Gasteiger charge is 2.05.